The van der Waals surface area contributed by atoms with Crippen LogP contribution in [-0.2, 0) is 4.79 Å². The molecule has 0 radical (unpaired) electrons. The van der Waals surface area contributed by atoms with E-state index in [1.807, 2.05) is 38.1 Å². The van der Waals surface area contributed by atoms with Crippen LogP contribution in [0.3, 0.4) is 0 Å². The van der Waals surface area contributed by atoms with E-state index in [4.69, 9.17) is 9.15 Å². The van der Waals surface area contributed by atoms with E-state index in [0.717, 1.165) is 5.56 Å². The summed E-state index contributed by atoms with van der Waals surface area (Å²) in [4.78, 5) is 32.4. The van der Waals surface area contributed by atoms with E-state index in [9.17, 15) is 14.7 Å². The highest BCUT2D eigenvalue weighted by Gasteiger charge is 2.34. The van der Waals surface area contributed by atoms with Crippen LogP contribution in [0.1, 0.15) is 35.6 Å². The smallest absolute Gasteiger partial charge is 0.271 e. The maximum atomic E-state index is 13.7. The maximum Gasteiger partial charge on any atom is 0.271 e. The summed E-state index contributed by atoms with van der Waals surface area (Å²) < 4.78 is 13.0. The molecule has 0 aliphatic carbocycles. The summed E-state index contributed by atoms with van der Waals surface area (Å²) >= 11 is 1.18. The molecule has 8 nitrogen and oxygen atoms in total. The number of aromatic nitrogens is 1. The van der Waals surface area contributed by atoms with Crippen LogP contribution < -0.4 is 24.9 Å². The summed E-state index contributed by atoms with van der Waals surface area (Å²) in [6.45, 7) is 5.47. The van der Waals surface area contributed by atoms with Crippen molar-refractivity contribution >= 4 is 29.0 Å². The Labute approximate surface area is 216 Å². The molecule has 4 aromatic rings. The zero-order chi connectivity index (χ0) is 26.3. The molecule has 9 heteroatoms. The standard InChI is InChI=1S/C28H25N3O5S/c1-15-8-5-6-10-19(15)30-26(33)23-17(3)29-28-31(24(23)20-13-12-16(2)36-20)27(34)22(37-28)14-18-9-7-11-21(35-4)25(18)32/h5-14,24,32H,1-4H3,(H,30,33)/b22-14+. The number of hydrogen-bond donors (Lipinski definition) is 2. The molecular formula is C28H25N3O5S. The Morgan fingerprint density at radius 2 is 1.92 bits per heavy atom. The molecule has 2 aromatic heterocycles. The van der Waals surface area contributed by atoms with E-state index < -0.39 is 6.04 Å². The molecule has 0 spiro atoms. The van der Waals surface area contributed by atoms with Crippen LogP contribution in [0.2, 0.25) is 0 Å². The number of aryl methyl sites for hydroxylation is 2. The van der Waals surface area contributed by atoms with Gasteiger partial charge >= 0.3 is 0 Å². The molecule has 2 aromatic carbocycles. The SMILES string of the molecule is COc1cccc(/C=c2/sc3n(c2=O)C(c2ccc(C)o2)C(C(=O)Nc2ccccc2C)=C(C)N=3)c1O. The van der Waals surface area contributed by atoms with Crippen molar-refractivity contribution in [2.75, 3.05) is 12.4 Å². The Kier molecular flexibility index (Phi) is 6.31. The Balaban J connectivity index is 1.67. The highest BCUT2D eigenvalue weighted by Crippen LogP contribution is 2.33. The Morgan fingerprint density at radius 1 is 1.14 bits per heavy atom. The number of carbonyl (C=O) groups excluding carboxylic acids is 1. The summed E-state index contributed by atoms with van der Waals surface area (Å²) in [6.07, 6.45) is 1.60. The molecule has 1 aliphatic heterocycles. The van der Waals surface area contributed by atoms with Gasteiger partial charge in [-0.25, -0.2) is 4.99 Å². The van der Waals surface area contributed by atoms with Crippen molar-refractivity contribution in [1.82, 2.24) is 4.57 Å². The number of fused-ring (bicyclic) bond motifs is 1. The average Bonchev–Trinajstić information content (AvgIpc) is 3.43. The largest absolute Gasteiger partial charge is 0.504 e. The lowest BCUT2D eigenvalue weighted by Gasteiger charge is -2.23. The molecule has 5 rings (SSSR count). The quantitative estimate of drug-likeness (QED) is 0.421. The van der Waals surface area contributed by atoms with Crippen LogP contribution in [0, 0.1) is 13.8 Å². The predicted octanol–water partition coefficient (Wildman–Crippen LogP) is 3.80. The first-order valence-corrected chi connectivity index (χ1v) is 12.4. The first-order chi connectivity index (χ1) is 17.8. The molecule has 1 unspecified atom stereocenters. The fourth-order valence-corrected chi connectivity index (χ4v) is 5.38. The van der Waals surface area contributed by atoms with E-state index in [0.29, 0.717) is 49.1 Å². The van der Waals surface area contributed by atoms with Gasteiger partial charge in [0, 0.05) is 11.3 Å². The van der Waals surface area contributed by atoms with Gasteiger partial charge in [0.1, 0.15) is 17.6 Å². The number of anilines is 1. The number of amides is 1. The number of allylic oxidation sites excluding steroid dienone is 1. The van der Waals surface area contributed by atoms with Crippen molar-refractivity contribution in [3.63, 3.8) is 0 Å². The molecule has 3 heterocycles. The lowest BCUT2D eigenvalue weighted by molar-refractivity contribution is -0.113. The number of phenols is 1. The van der Waals surface area contributed by atoms with Crippen LogP contribution in [-0.4, -0.2) is 22.7 Å². The number of ether oxygens (including phenoxy) is 1. The summed E-state index contributed by atoms with van der Waals surface area (Å²) in [7, 11) is 1.46. The van der Waals surface area contributed by atoms with E-state index >= 15 is 0 Å². The molecule has 1 atom stereocenters. The van der Waals surface area contributed by atoms with Gasteiger partial charge in [-0.1, -0.05) is 41.7 Å². The molecule has 0 saturated heterocycles. The Bertz CT molecular complexity index is 1740. The number of hydrogen-bond acceptors (Lipinski definition) is 7. The van der Waals surface area contributed by atoms with Gasteiger partial charge < -0.3 is 19.6 Å². The number of aromatic hydroxyl groups is 1. The van der Waals surface area contributed by atoms with Crippen molar-refractivity contribution in [1.29, 1.82) is 0 Å². The minimum Gasteiger partial charge on any atom is -0.504 e. The number of methoxy groups -OCH3 is 1. The monoisotopic (exact) mass is 515 g/mol. The third-order valence-corrected chi connectivity index (χ3v) is 7.21. The number of carbonyl (C=O) groups is 1. The van der Waals surface area contributed by atoms with Crippen LogP contribution in [0.4, 0.5) is 5.69 Å². The number of rotatable bonds is 5. The number of nitrogens with zero attached hydrogens (tertiary/aromatic N) is 2. The van der Waals surface area contributed by atoms with E-state index in [-0.39, 0.29) is 17.2 Å². The van der Waals surface area contributed by atoms with Gasteiger partial charge in [0.05, 0.1) is 22.9 Å². The van der Waals surface area contributed by atoms with Crippen LogP contribution in [0.15, 0.2) is 80.1 Å². The number of phenolic OH excluding ortho intramolecular Hbond substituents is 1. The molecule has 0 bridgehead atoms. The number of para-hydroxylation sites is 2. The van der Waals surface area contributed by atoms with Gasteiger partial charge in [0.25, 0.3) is 11.5 Å². The molecule has 2 N–H and O–H groups in total. The topological polar surface area (TPSA) is 106 Å². The second kappa shape index (κ2) is 9.59. The van der Waals surface area contributed by atoms with E-state index in [1.165, 1.54) is 23.0 Å². The minimum atomic E-state index is -0.810. The number of thiazole rings is 1. The third-order valence-electron chi connectivity index (χ3n) is 6.23. The van der Waals surface area contributed by atoms with Crippen LogP contribution >= 0.6 is 11.3 Å². The van der Waals surface area contributed by atoms with Crippen molar-refractivity contribution < 1.29 is 19.1 Å². The molecule has 0 fully saturated rings. The minimum absolute atomic E-state index is 0.0662. The van der Waals surface area contributed by atoms with E-state index in [1.54, 1.807) is 43.3 Å². The molecule has 1 aliphatic rings. The zero-order valence-electron chi connectivity index (χ0n) is 20.7. The van der Waals surface area contributed by atoms with Gasteiger partial charge in [-0.05, 0) is 56.7 Å². The Hall–Kier alpha value is -4.37. The van der Waals surface area contributed by atoms with E-state index in [2.05, 4.69) is 10.3 Å². The van der Waals surface area contributed by atoms with Gasteiger partial charge in [-0.2, -0.15) is 0 Å². The molecule has 0 saturated carbocycles. The van der Waals surface area contributed by atoms with Gasteiger partial charge in [-0.3, -0.25) is 14.2 Å². The number of benzene rings is 2. The number of furan rings is 1. The lowest BCUT2D eigenvalue weighted by atomic mass is 10.00. The first-order valence-electron chi connectivity index (χ1n) is 11.6. The highest BCUT2D eigenvalue weighted by molar-refractivity contribution is 7.07. The van der Waals surface area contributed by atoms with Gasteiger partial charge in [0.15, 0.2) is 16.3 Å². The summed E-state index contributed by atoms with van der Waals surface area (Å²) in [5, 5.41) is 13.5. The van der Waals surface area contributed by atoms with Crippen LogP contribution in [0.5, 0.6) is 11.5 Å². The van der Waals surface area contributed by atoms with Crippen molar-refractivity contribution in [3.05, 3.63) is 108 Å². The lowest BCUT2D eigenvalue weighted by Crippen LogP contribution is -2.40. The molecule has 188 valence electrons. The van der Waals surface area contributed by atoms with Crippen molar-refractivity contribution in [3.8, 4) is 11.5 Å². The fraction of sp³-hybridized carbons (Fsp3) is 0.179. The van der Waals surface area contributed by atoms with Gasteiger partial charge in [0.2, 0.25) is 0 Å². The van der Waals surface area contributed by atoms with Crippen molar-refractivity contribution in [2.45, 2.75) is 26.8 Å². The summed E-state index contributed by atoms with van der Waals surface area (Å²) in [6, 6.07) is 15.3. The highest BCUT2D eigenvalue weighted by atomic mass is 32.1. The predicted molar refractivity (Wildman–Crippen MR) is 142 cm³/mol. The first kappa shape index (κ1) is 24.3. The maximum absolute atomic E-state index is 13.7. The van der Waals surface area contributed by atoms with Crippen LogP contribution in [0.25, 0.3) is 6.08 Å². The second-order valence-electron chi connectivity index (χ2n) is 8.70. The molecular weight excluding hydrogens is 490 g/mol. The normalized spacial score (nSPS) is 15.4. The third kappa shape index (κ3) is 4.38. The second-order valence-corrected chi connectivity index (χ2v) is 9.71. The molecule has 37 heavy (non-hydrogen) atoms. The Morgan fingerprint density at radius 3 is 2.62 bits per heavy atom. The van der Waals surface area contributed by atoms with Gasteiger partial charge in [-0.15, -0.1) is 0 Å². The van der Waals surface area contributed by atoms with Crippen molar-refractivity contribution in [2.24, 2.45) is 4.99 Å². The summed E-state index contributed by atoms with van der Waals surface area (Å²) in [5.41, 5.74) is 2.48. The average molecular weight is 516 g/mol. The zero-order valence-corrected chi connectivity index (χ0v) is 21.6. The number of nitrogens with one attached hydrogen (secondary N) is 1. The summed E-state index contributed by atoms with van der Waals surface area (Å²) in [5.74, 6) is 0.986. The molecule has 1 amide bonds. The fourth-order valence-electron chi connectivity index (χ4n) is 4.35.